The second-order valence-corrected chi connectivity index (χ2v) is 10.2. The third-order valence-corrected chi connectivity index (χ3v) is 8.04. The van der Waals surface area contributed by atoms with E-state index >= 15 is 0 Å². The topological polar surface area (TPSA) is 78.0 Å². The summed E-state index contributed by atoms with van der Waals surface area (Å²) in [6.07, 6.45) is 0. The predicted octanol–water partition coefficient (Wildman–Crippen LogP) is 2.58. The van der Waals surface area contributed by atoms with Crippen LogP contribution in [0.25, 0.3) is 0 Å². The zero-order valence-corrected chi connectivity index (χ0v) is 18.9. The van der Waals surface area contributed by atoms with Crippen LogP contribution in [-0.4, -0.2) is 57.1 Å². The molecule has 2 aromatic rings. The lowest BCUT2D eigenvalue weighted by atomic mass is 10.1. The molecule has 164 valence electrons. The van der Waals surface area contributed by atoms with Gasteiger partial charge >= 0.3 is 0 Å². The molecule has 2 aliphatic rings. The SMILES string of the molecule is Cc1cccc(N2CCN(C(=O)c3cccc(N4C(=O)C(C)CS4(=O)=O)c3)CC2)c1C. The third kappa shape index (κ3) is 3.92. The Bertz CT molecular complexity index is 1140. The minimum atomic E-state index is -3.70. The lowest BCUT2D eigenvalue weighted by molar-refractivity contribution is -0.119. The zero-order chi connectivity index (χ0) is 22.3. The molecule has 0 aromatic heterocycles. The molecular formula is C23H27N3O4S. The molecule has 0 spiro atoms. The molecule has 7 nitrogen and oxygen atoms in total. The maximum Gasteiger partial charge on any atom is 0.254 e. The minimum absolute atomic E-state index is 0.153. The van der Waals surface area contributed by atoms with Crippen molar-refractivity contribution in [1.82, 2.24) is 4.90 Å². The Labute approximate surface area is 183 Å². The largest absolute Gasteiger partial charge is 0.368 e. The van der Waals surface area contributed by atoms with E-state index in [2.05, 4.69) is 36.9 Å². The van der Waals surface area contributed by atoms with Crippen molar-refractivity contribution in [2.45, 2.75) is 20.8 Å². The first kappa shape index (κ1) is 21.4. The average Bonchev–Trinajstić information content (AvgIpc) is 2.96. The Morgan fingerprint density at radius 2 is 1.68 bits per heavy atom. The number of rotatable bonds is 3. The van der Waals surface area contributed by atoms with Gasteiger partial charge in [-0.1, -0.05) is 25.1 Å². The fourth-order valence-electron chi connectivity index (χ4n) is 4.26. The van der Waals surface area contributed by atoms with E-state index in [-0.39, 0.29) is 17.3 Å². The number of sulfonamides is 1. The summed E-state index contributed by atoms with van der Waals surface area (Å²) >= 11 is 0. The summed E-state index contributed by atoms with van der Waals surface area (Å²) in [6, 6.07) is 12.6. The Balaban J connectivity index is 1.50. The summed E-state index contributed by atoms with van der Waals surface area (Å²) in [5, 5.41) is 0. The van der Waals surface area contributed by atoms with Crippen molar-refractivity contribution in [2.75, 3.05) is 41.1 Å². The zero-order valence-electron chi connectivity index (χ0n) is 18.0. The Morgan fingerprint density at radius 3 is 2.32 bits per heavy atom. The van der Waals surface area contributed by atoms with Gasteiger partial charge < -0.3 is 9.80 Å². The van der Waals surface area contributed by atoms with Crippen molar-refractivity contribution in [3.63, 3.8) is 0 Å². The van der Waals surface area contributed by atoms with Crippen molar-refractivity contribution >= 4 is 33.2 Å². The molecule has 2 amide bonds. The molecule has 2 aromatic carbocycles. The van der Waals surface area contributed by atoms with Gasteiger partial charge in [0.05, 0.1) is 17.4 Å². The summed E-state index contributed by atoms with van der Waals surface area (Å²) < 4.78 is 25.6. The number of carbonyl (C=O) groups is 2. The minimum Gasteiger partial charge on any atom is -0.368 e. The number of hydrogen-bond acceptors (Lipinski definition) is 5. The monoisotopic (exact) mass is 441 g/mol. The first-order valence-electron chi connectivity index (χ1n) is 10.5. The fraction of sp³-hybridized carbons (Fsp3) is 0.391. The van der Waals surface area contributed by atoms with E-state index in [9.17, 15) is 18.0 Å². The van der Waals surface area contributed by atoms with Gasteiger partial charge in [0.2, 0.25) is 15.9 Å². The summed E-state index contributed by atoms with van der Waals surface area (Å²) in [5.74, 6) is -1.39. The van der Waals surface area contributed by atoms with Crippen LogP contribution >= 0.6 is 0 Å². The van der Waals surface area contributed by atoms with Gasteiger partial charge in [0, 0.05) is 37.4 Å². The van der Waals surface area contributed by atoms with Crippen molar-refractivity contribution in [2.24, 2.45) is 5.92 Å². The van der Waals surface area contributed by atoms with E-state index in [1.54, 1.807) is 30.0 Å². The van der Waals surface area contributed by atoms with Gasteiger partial charge in [-0.25, -0.2) is 12.7 Å². The summed E-state index contributed by atoms with van der Waals surface area (Å²) in [5.41, 5.74) is 4.31. The van der Waals surface area contributed by atoms with Crippen LogP contribution < -0.4 is 9.21 Å². The molecule has 4 rings (SSSR count). The molecule has 0 radical (unpaired) electrons. The summed E-state index contributed by atoms with van der Waals surface area (Å²) in [6.45, 7) is 8.42. The second-order valence-electron chi connectivity index (χ2n) is 8.33. The Hall–Kier alpha value is -2.87. The highest BCUT2D eigenvalue weighted by atomic mass is 32.2. The van der Waals surface area contributed by atoms with Gasteiger partial charge in [-0.15, -0.1) is 0 Å². The molecule has 8 heteroatoms. The van der Waals surface area contributed by atoms with E-state index in [1.807, 2.05) is 0 Å². The van der Waals surface area contributed by atoms with Crippen LogP contribution in [0.2, 0.25) is 0 Å². The van der Waals surface area contributed by atoms with Crippen LogP contribution in [0.3, 0.4) is 0 Å². The average molecular weight is 442 g/mol. The molecule has 1 atom stereocenters. The normalized spacial score (nSPS) is 20.9. The molecule has 2 saturated heterocycles. The van der Waals surface area contributed by atoms with E-state index < -0.39 is 21.8 Å². The van der Waals surface area contributed by atoms with E-state index in [0.717, 1.165) is 17.4 Å². The summed E-state index contributed by atoms with van der Waals surface area (Å²) in [7, 11) is -3.70. The van der Waals surface area contributed by atoms with Crippen LogP contribution in [0, 0.1) is 19.8 Å². The van der Waals surface area contributed by atoms with Crippen molar-refractivity contribution < 1.29 is 18.0 Å². The van der Waals surface area contributed by atoms with E-state index in [0.29, 0.717) is 18.7 Å². The number of nitrogens with zero attached hydrogens (tertiary/aromatic N) is 3. The first-order chi connectivity index (χ1) is 14.7. The molecule has 0 bridgehead atoms. The molecule has 0 aliphatic carbocycles. The van der Waals surface area contributed by atoms with Gasteiger partial charge in [0.15, 0.2) is 0 Å². The standard InChI is InChI=1S/C23H27N3O4S/c1-16-6-4-9-21(18(16)3)24-10-12-25(13-11-24)23(28)19-7-5-8-20(14-19)26-22(27)17(2)15-31(26,29)30/h4-9,14,17H,10-13,15H2,1-3H3. The number of anilines is 2. The summed E-state index contributed by atoms with van der Waals surface area (Å²) in [4.78, 5) is 29.5. The number of benzene rings is 2. The van der Waals surface area contributed by atoms with Crippen LogP contribution in [-0.2, 0) is 14.8 Å². The van der Waals surface area contributed by atoms with Gasteiger partial charge in [0.1, 0.15) is 0 Å². The van der Waals surface area contributed by atoms with E-state index in [4.69, 9.17) is 0 Å². The smallest absolute Gasteiger partial charge is 0.254 e. The van der Waals surface area contributed by atoms with Crippen LogP contribution in [0.15, 0.2) is 42.5 Å². The third-order valence-electron chi connectivity index (χ3n) is 6.17. The molecule has 2 fully saturated rings. The van der Waals surface area contributed by atoms with Crippen molar-refractivity contribution in [1.29, 1.82) is 0 Å². The molecule has 0 saturated carbocycles. The van der Waals surface area contributed by atoms with Crippen LogP contribution in [0.5, 0.6) is 0 Å². The van der Waals surface area contributed by atoms with Crippen molar-refractivity contribution in [3.05, 3.63) is 59.2 Å². The van der Waals surface area contributed by atoms with E-state index in [1.165, 1.54) is 22.9 Å². The number of aryl methyl sites for hydroxylation is 1. The molecule has 31 heavy (non-hydrogen) atoms. The van der Waals surface area contributed by atoms with Crippen LogP contribution in [0.1, 0.15) is 28.4 Å². The molecule has 1 unspecified atom stereocenters. The number of piperazine rings is 1. The highest BCUT2D eigenvalue weighted by Crippen LogP contribution is 2.29. The van der Waals surface area contributed by atoms with Gasteiger partial charge in [-0.05, 0) is 49.2 Å². The second kappa shape index (κ2) is 8.00. The van der Waals surface area contributed by atoms with Gasteiger partial charge in [0.25, 0.3) is 5.91 Å². The highest BCUT2D eigenvalue weighted by Gasteiger charge is 2.42. The maximum atomic E-state index is 13.1. The maximum absolute atomic E-state index is 13.1. The predicted molar refractivity (Wildman–Crippen MR) is 121 cm³/mol. The van der Waals surface area contributed by atoms with Crippen LogP contribution in [0.4, 0.5) is 11.4 Å². The Morgan fingerprint density at radius 1 is 1.00 bits per heavy atom. The van der Waals surface area contributed by atoms with Gasteiger partial charge in [-0.3, -0.25) is 9.59 Å². The molecule has 0 N–H and O–H groups in total. The van der Waals surface area contributed by atoms with Crippen molar-refractivity contribution in [3.8, 4) is 0 Å². The van der Waals surface area contributed by atoms with Gasteiger partial charge in [-0.2, -0.15) is 0 Å². The lowest BCUT2D eigenvalue weighted by Gasteiger charge is -2.37. The number of amides is 2. The molecular weight excluding hydrogens is 414 g/mol. The molecule has 2 heterocycles. The Kier molecular flexibility index (Phi) is 5.51. The lowest BCUT2D eigenvalue weighted by Crippen LogP contribution is -2.49. The number of carbonyl (C=O) groups excluding carboxylic acids is 2. The highest BCUT2D eigenvalue weighted by molar-refractivity contribution is 7.94. The number of hydrogen-bond donors (Lipinski definition) is 0. The molecule has 2 aliphatic heterocycles. The quantitative estimate of drug-likeness (QED) is 0.732. The fourth-order valence-corrected chi connectivity index (χ4v) is 6.08. The first-order valence-corrected chi connectivity index (χ1v) is 12.1.